The van der Waals surface area contributed by atoms with E-state index >= 15 is 0 Å². The highest BCUT2D eigenvalue weighted by molar-refractivity contribution is 4.78. The molecule has 0 saturated heterocycles. The van der Waals surface area contributed by atoms with Crippen LogP contribution in [0.25, 0.3) is 0 Å². The molecule has 0 aliphatic carbocycles. The Morgan fingerprint density at radius 2 is 1.75 bits per heavy atom. The normalized spacial score (nSPS) is 9.38. The first kappa shape index (κ1) is 7.09. The van der Waals surface area contributed by atoms with Gasteiger partial charge in [-0.25, -0.2) is 0 Å². The predicted molar refractivity (Wildman–Crippen MR) is 22.0 cm³/mol. The summed E-state index contributed by atoms with van der Waals surface area (Å²) < 4.78 is 33.0. The average Bonchev–Trinajstić information content (AvgIpc) is 1.59. The lowest BCUT2D eigenvalue weighted by Crippen LogP contribution is -2.00. The van der Waals surface area contributed by atoms with Crippen LogP contribution < -0.4 is 0 Å². The van der Waals surface area contributed by atoms with E-state index in [1.54, 1.807) is 11.5 Å². The number of rotatable bonds is 0. The van der Waals surface area contributed by atoms with E-state index in [0.717, 1.165) is 6.08 Å². The van der Waals surface area contributed by atoms with Gasteiger partial charge < -0.3 is 0 Å². The van der Waals surface area contributed by atoms with Gasteiger partial charge in [-0.05, 0) is 6.58 Å². The lowest BCUT2D eigenvalue weighted by molar-refractivity contribution is -0.0872. The second kappa shape index (κ2) is 2.41. The molecule has 0 rings (SSSR count). The van der Waals surface area contributed by atoms with Crippen molar-refractivity contribution in [2.24, 2.45) is 0 Å². The van der Waals surface area contributed by atoms with Crippen molar-refractivity contribution in [2.45, 2.75) is 6.18 Å². The fourth-order valence-corrected chi connectivity index (χ4v) is 0.115. The van der Waals surface area contributed by atoms with Crippen LogP contribution in [0.3, 0.4) is 0 Å². The molecular weight excluding hydrogens is 117 g/mol. The lowest BCUT2D eigenvalue weighted by Gasteiger charge is -1.90. The van der Waals surface area contributed by atoms with E-state index in [4.69, 9.17) is 0 Å². The van der Waals surface area contributed by atoms with Crippen molar-refractivity contribution in [1.82, 2.24) is 0 Å². The van der Waals surface area contributed by atoms with Crippen molar-refractivity contribution >= 4 is 0 Å². The highest BCUT2D eigenvalue weighted by Crippen LogP contribution is 2.13. The van der Waals surface area contributed by atoms with Crippen molar-refractivity contribution in [3.05, 3.63) is 24.1 Å². The summed E-state index contributed by atoms with van der Waals surface area (Å²) in [6.07, 6.45) is -3.46. The van der Waals surface area contributed by atoms with Gasteiger partial charge in [-0.2, -0.15) is 13.2 Å². The van der Waals surface area contributed by atoms with Gasteiger partial charge in [0.05, 0.1) is 0 Å². The van der Waals surface area contributed by atoms with Gasteiger partial charge >= 0.3 is 6.18 Å². The molecule has 0 amide bonds. The Morgan fingerprint density at radius 3 is 1.88 bits per heavy atom. The second-order valence-corrected chi connectivity index (χ2v) is 0.925. The summed E-state index contributed by atoms with van der Waals surface area (Å²) in [7, 11) is 0. The van der Waals surface area contributed by atoms with Gasteiger partial charge in [-0.1, -0.05) is 11.5 Å². The van der Waals surface area contributed by atoms with Crippen LogP contribution in [0.5, 0.6) is 0 Å². The molecule has 3 heteroatoms. The summed E-state index contributed by atoms with van der Waals surface area (Å²) in [6.45, 7) is 2.87. The second-order valence-electron chi connectivity index (χ2n) is 0.925. The Morgan fingerprint density at radius 1 is 1.25 bits per heavy atom. The van der Waals surface area contributed by atoms with E-state index in [1.807, 2.05) is 0 Å². The quantitative estimate of drug-likeness (QED) is 0.427. The highest BCUT2D eigenvalue weighted by Gasteiger charge is 2.22. The minimum atomic E-state index is -4.41. The maximum Gasteiger partial charge on any atom is 0.425 e. The number of hydrogen-bond acceptors (Lipinski definition) is 0. The molecule has 0 aliphatic rings. The van der Waals surface area contributed by atoms with Gasteiger partial charge in [-0.3, -0.25) is 0 Å². The smallest absolute Gasteiger partial charge is 0.165 e. The molecule has 43 valence electrons. The molecule has 0 aromatic rings. The van der Waals surface area contributed by atoms with Crippen LogP contribution in [0.2, 0.25) is 0 Å². The minimum Gasteiger partial charge on any atom is -0.165 e. The van der Waals surface area contributed by atoms with Crippen LogP contribution in [0.1, 0.15) is 0 Å². The van der Waals surface area contributed by atoms with Gasteiger partial charge in [0, 0.05) is 0 Å². The molecule has 0 aromatic heterocycles. The van der Waals surface area contributed by atoms with Crippen LogP contribution in [0.15, 0.2) is 18.0 Å². The summed E-state index contributed by atoms with van der Waals surface area (Å²) in [5, 5.41) is 0. The Kier molecular flexibility index (Phi) is 2.14. The monoisotopic (exact) mass is 119 g/mol. The molecule has 0 saturated carbocycles. The van der Waals surface area contributed by atoms with E-state index in [2.05, 4.69) is 6.58 Å². The van der Waals surface area contributed by atoms with Crippen LogP contribution in [-0.4, -0.2) is 6.18 Å². The Bertz CT molecular complexity index is 142. The molecular formula is C5H2F3. The number of hydrogen-bond donors (Lipinski definition) is 0. The highest BCUT2D eigenvalue weighted by atomic mass is 19.4. The summed E-state index contributed by atoms with van der Waals surface area (Å²) in [5.74, 6) is 0. The van der Waals surface area contributed by atoms with Crippen molar-refractivity contribution in [1.29, 1.82) is 0 Å². The van der Waals surface area contributed by atoms with Crippen molar-refractivity contribution < 1.29 is 13.2 Å². The van der Waals surface area contributed by atoms with E-state index in [9.17, 15) is 13.2 Å². The SMILES string of the molecule is C=C=C=[C]C(F)(F)F. The number of allylic oxidation sites excluding steroid dienone is 1. The maximum atomic E-state index is 11.0. The standard InChI is InChI=1S/C5H2F3/c1-2-3-4-5(6,7)8/h1H2. The van der Waals surface area contributed by atoms with Crippen molar-refractivity contribution in [2.75, 3.05) is 0 Å². The molecule has 8 heavy (non-hydrogen) atoms. The molecule has 0 aliphatic heterocycles. The zero-order valence-corrected chi connectivity index (χ0v) is 3.84. The zero-order valence-electron chi connectivity index (χ0n) is 3.84. The van der Waals surface area contributed by atoms with Gasteiger partial charge in [0.15, 0.2) is 0 Å². The van der Waals surface area contributed by atoms with Crippen molar-refractivity contribution in [3.8, 4) is 0 Å². The number of halogens is 3. The summed E-state index contributed by atoms with van der Waals surface area (Å²) in [4.78, 5) is 0. The predicted octanol–water partition coefficient (Wildman–Crippen LogP) is 1.85. The Labute approximate surface area is 44.6 Å². The van der Waals surface area contributed by atoms with Gasteiger partial charge in [0.25, 0.3) is 0 Å². The first-order chi connectivity index (χ1) is 3.56. The third-order valence-electron chi connectivity index (χ3n) is 0.293. The minimum absolute atomic E-state index is 0.948. The topological polar surface area (TPSA) is 0 Å². The summed E-state index contributed by atoms with van der Waals surface area (Å²) in [6, 6.07) is 0. The molecule has 0 unspecified atom stereocenters. The van der Waals surface area contributed by atoms with Crippen LogP contribution in [0, 0.1) is 6.08 Å². The molecule has 0 bridgehead atoms. The van der Waals surface area contributed by atoms with E-state index in [-0.39, 0.29) is 0 Å². The van der Waals surface area contributed by atoms with Gasteiger partial charge in [0.2, 0.25) is 0 Å². The van der Waals surface area contributed by atoms with E-state index in [1.165, 1.54) is 0 Å². The molecule has 0 spiro atoms. The fraction of sp³-hybridized carbons (Fsp3) is 0.200. The molecule has 0 heterocycles. The first-order valence-electron chi connectivity index (χ1n) is 1.67. The van der Waals surface area contributed by atoms with Gasteiger partial charge in [0.1, 0.15) is 6.08 Å². The Balaban J connectivity index is 4.10. The lowest BCUT2D eigenvalue weighted by atomic mass is 10.6. The van der Waals surface area contributed by atoms with Crippen LogP contribution >= 0.6 is 0 Å². The maximum absolute atomic E-state index is 11.0. The third-order valence-corrected chi connectivity index (χ3v) is 0.293. The van der Waals surface area contributed by atoms with Crippen LogP contribution in [0.4, 0.5) is 13.2 Å². The first-order valence-corrected chi connectivity index (χ1v) is 1.67. The van der Waals surface area contributed by atoms with E-state index < -0.39 is 6.18 Å². The molecule has 0 aromatic carbocycles. The largest absolute Gasteiger partial charge is 0.425 e. The fourth-order valence-electron chi connectivity index (χ4n) is 0.115. The molecule has 0 atom stereocenters. The van der Waals surface area contributed by atoms with Gasteiger partial charge in [-0.15, -0.1) is 0 Å². The molecule has 0 N–H and O–H groups in total. The van der Waals surface area contributed by atoms with Crippen LogP contribution in [-0.2, 0) is 0 Å². The van der Waals surface area contributed by atoms with Crippen molar-refractivity contribution in [3.63, 3.8) is 0 Å². The summed E-state index contributed by atoms with van der Waals surface area (Å²) in [5.41, 5.74) is 3.35. The molecule has 0 fully saturated rings. The third kappa shape index (κ3) is 5.09. The average molecular weight is 119 g/mol. The zero-order chi connectivity index (χ0) is 6.62. The Hall–Kier alpha value is -0.910. The number of alkyl halides is 3. The molecule has 1 radical (unpaired) electrons. The van der Waals surface area contributed by atoms with E-state index in [0.29, 0.717) is 0 Å². The summed E-state index contributed by atoms with van der Waals surface area (Å²) >= 11 is 0. The molecule has 0 nitrogen and oxygen atoms in total.